The summed E-state index contributed by atoms with van der Waals surface area (Å²) in [7, 11) is 0. The number of nitrogens with one attached hydrogen (secondary N) is 1. The van der Waals surface area contributed by atoms with Crippen molar-refractivity contribution < 1.29 is 9.53 Å². The highest BCUT2D eigenvalue weighted by molar-refractivity contribution is 7.80. The topological polar surface area (TPSA) is 41.6 Å². The summed E-state index contributed by atoms with van der Waals surface area (Å²) < 4.78 is 5.24. The van der Waals surface area contributed by atoms with E-state index in [1.807, 2.05) is 35.6 Å². The van der Waals surface area contributed by atoms with E-state index in [-0.39, 0.29) is 12.0 Å². The summed E-state index contributed by atoms with van der Waals surface area (Å²) in [6.07, 6.45) is 0.957. The SMILES string of the molecule is CCCN1C(=S)NC(c2ccsc2)C(C(=O)OCC)=C1C. The van der Waals surface area contributed by atoms with Gasteiger partial charge in [0.05, 0.1) is 18.2 Å². The van der Waals surface area contributed by atoms with Crippen LogP contribution >= 0.6 is 23.6 Å². The largest absolute Gasteiger partial charge is 0.463 e. The maximum Gasteiger partial charge on any atom is 0.338 e. The molecule has 0 amide bonds. The van der Waals surface area contributed by atoms with Crippen molar-refractivity contribution in [2.45, 2.75) is 33.2 Å². The second-order valence-electron chi connectivity index (χ2n) is 4.81. The summed E-state index contributed by atoms with van der Waals surface area (Å²) in [5.41, 5.74) is 2.58. The predicted molar refractivity (Wildman–Crippen MR) is 89.1 cm³/mol. The van der Waals surface area contributed by atoms with Crippen molar-refractivity contribution in [2.75, 3.05) is 13.2 Å². The quantitative estimate of drug-likeness (QED) is 0.665. The molecule has 0 radical (unpaired) electrons. The lowest BCUT2D eigenvalue weighted by Gasteiger charge is -2.37. The normalized spacial score (nSPS) is 18.7. The third-order valence-electron chi connectivity index (χ3n) is 3.42. The number of carbonyl (C=O) groups is 1. The smallest absolute Gasteiger partial charge is 0.338 e. The summed E-state index contributed by atoms with van der Waals surface area (Å²) in [5, 5.41) is 7.97. The van der Waals surface area contributed by atoms with Gasteiger partial charge in [0.15, 0.2) is 5.11 Å². The van der Waals surface area contributed by atoms with Crippen LogP contribution in [-0.2, 0) is 9.53 Å². The number of ether oxygens (including phenoxy) is 1. The molecule has 1 unspecified atom stereocenters. The van der Waals surface area contributed by atoms with Gasteiger partial charge in [0, 0.05) is 12.2 Å². The molecule has 0 bridgehead atoms. The predicted octanol–water partition coefficient (Wildman–Crippen LogP) is 3.23. The van der Waals surface area contributed by atoms with Crippen LogP contribution in [0, 0.1) is 0 Å². The number of nitrogens with zero attached hydrogens (tertiary/aromatic N) is 1. The Kier molecular flexibility index (Phi) is 5.36. The third-order valence-corrected chi connectivity index (χ3v) is 4.46. The van der Waals surface area contributed by atoms with E-state index in [9.17, 15) is 4.79 Å². The van der Waals surface area contributed by atoms with Crippen LogP contribution in [-0.4, -0.2) is 29.1 Å². The zero-order valence-electron chi connectivity index (χ0n) is 12.5. The summed E-state index contributed by atoms with van der Waals surface area (Å²) >= 11 is 7.06. The Bertz CT molecular complexity index is 552. The molecule has 4 nitrogen and oxygen atoms in total. The second-order valence-corrected chi connectivity index (χ2v) is 5.98. The molecular formula is C15H20N2O2S2. The van der Waals surface area contributed by atoms with Gasteiger partial charge in [0.25, 0.3) is 0 Å². The number of allylic oxidation sites excluding steroid dienone is 1. The average Bonchev–Trinajstić information content (AvgIpc) is 2.97. The minimum absolute atomic E-state index is 0.226. The van der Waals surface area contributed by atoms with Crippen molar-refractivity contribution in [3.63, 3.8) is 0 Å². The summed E-state index contributed by atoms with van der Waals surface area (Å²) in [6, 6.07) is 1.78. The Morgan fingerprint density at radius 1 is 1.52 bits per heavy atom. The van der Waals surface area contributed by atoms with E-state index < -0.39 is 0 Å². The van der Waals surface area contributed by atoms with Crippen molar-refractivity contribution in [1.29, 1.82) is 0 Å². The van der Waals surface area contributed by atoms with E-state index >= 15 is 0 Å². The van der Waals surface area contributed by atoms with Crippen molar-refractivity contribution in [1.82, 2.24) is 10.2 Å². The minimum Gasteiger partial charge on any atom is -0.463 e. The van der Waals surface area contributed by atoms with E-state index in [0.29, 0.717) is 17.3 Å². The van der Waals surface area contributed by atoms with Gasteiger partial charge in [-0.25, -0.2) is 4.79 Å². The van der Waals surface area contributed by atoms with Gasteiger partial charge in [-0.15, -0.1) is 0 Å². The molecule has 1 aromatic heterocycles. The summed E-state index contributed by atoms with van der Waals surface area (Å²) in [5.74, 6) is -0.276. The van der Waals surface area contributed by atoms with E-state index in [0.717, 1.165) is 24.2 Å². The number of esters is 1. The van der Waals surface area contributed by atoms with Gasteiger partial charge >= 0.3 is 5.97 Å². The van der Waals surface area contributed by atoms with Crippen LogP contribution in [0.4, 0.5) is 0 Å². The molecule has 0 saturated carbocycles. The van der Waals surface area contributed by atoms with Crippen LogP contribution in [0.2, 0.25) is 0 Å². The highest BCUT2D eigenvalue weighted by Gasteiger charge is 2.34. The minimum atomic E-state index is -0.276. The molecule has 1 N–H and O–H groups in total. The van der Waals surface area contributed by atoms with Crippen LogP contribution in [0.1, 0.15) is 38.8 Å². The molecule has 1 aliphatic rings. The Balaban J connectivity index is 2.45. The molecule has 6 heteroatoms. The van der Waals surface area contributed by atoms with Gasteiger partial charge in [-0.1, -0.05) is 6.92 Å². The molecule has 21 heavy (non-hydrogen) atoms. The zero-order valence-corrected chi connectivity index (χ0v) is 14.1. The Labute approximate surface area is 134 Å². The fraction of sp³-hybridized carbons (Fsp3) is 0.467. The molecular weight excluding hydrogens is 304 g/mol. The zero-order chi connectivity index (χ0) is 15.4. The second kappa shape index (κ2) is 7.04. The molecule has 1 aromatic rings. The van der Waals surface area contributed by atoms with Gasteiger partial charge in [-0.2, -0.15) is 11.3 Å². The van der Waals surface area contributed by atoms with Crippen molar-refractivity contribution in [2.24, 2.45) is 0 Å². The summed E-state index contributed by atoms with van der Waals surface area (Å²) in [4.78, 5) is 14.4. The molecule has 0 fully saturated rings. The van der Waals surface area contributed by atoms with Crippen molar-refractivity contribution in [3.05, 3.63) is 33.7 Å². The molecule has 1 atom stereocenters. The van der Waals surface area contributed by atoms with E-state index in [1.165, 1.54) is 0 Å². The highest BCUT2D eigenvalue weighted by Crippen LogP contribution is 2.32. The molecule has 1 aliphatic heterocycles. The lowest BCUT2D eigenvalue weighted by atomic mass is 9.97. The average molecular weight is 324 g/mol. The van der Waals surface area contributed by atoms with E-state index in [2.05, 4.69) is 12.2 Å². The number of hydrogen-bond donors (Lipinski definition) is 1. The first-order valence-electron chi connectivity index (χ1n) is 7.08. The molecule has 114 valence electrons. The molecule has 0 spiro atoms. The molecule has 0 aromatic carbocycles. The van der Waals surface area contributed by atoms with Gasteiger partial charge in [0.1, 0.15) is 0 Å². The van der Waals surface area contributed by atoms with Crippen LogP contribution < -0.4 is 5.32 Å². The fourth-order valence-corrected chi connectivity index (χ4v) is 3.47. The third kappa shape index (κ3) is 3.27. The molecule has 0 saturated heterocycles. The van der Waals surface area contributed by atoms with Gasteiger partial charge in [-0.3, -0.25) is 0 Å². The maximum atomic E-state index is 12.4. The lowest BCUT2D eigenvalue weighted by molar-refractivity contribution is -0.139. The Morgan fingerprint density at radius 2 is 2.29 bits per heavy atom. The number of thiophene rings is 1. The first-order valence-corrected chi connectivity index (χ1v) is 8.43. The number of carbonyl (C=O) groups excluding carboxylic acids is 1. The van der Waals surface area contributed by atoms with Crippen molar-refractivity contribution in [3.8, 4) is 0 Å². The van der Waals surface area contributed by atoms with Crippen LogP contribution in [0.15, 0.2) is 28.1 Å². The summed E-state index contributed by atoms with van der Waals surface area (Å²) in [6.45, 7) is 7.00. The fourth-order valence-electron chi connectivity index (χ4n) is 2.44. The van der Waals surface area contributed by atoms with E-state index in [4.69, 9.17) is 17.0 Å². The number of thiocarbonyl (C=S) groups is 1. The van der Waals surface area contributed by atoms with Gasteiger partial charge in [-0.05, 0) is 54.9 Å². The molecule has 0 aliphatic carbocycles. The standard InChI is InChI=1S/C15H20N2O2S2/c1-4-7-17-10(3)12(14(18)19-5-2)13(16-15(17)20)11-6-8-21-9-11/h6,8-9,13H,4-5,7H2,1-3H3,(H,16,20). The molecule has 2 rings (SSSR count). The van der Waals surface area contributed by atoms with Crippen LogP contribution in [0.25, 0.3) is 0 Å². The van der Waals surface area contributed by atoms with E-state index in [1.54, 1.807) is 11.3 Å². The Morgan fingerprint density at radius 3 is 2.86 bits per heavy atom. The molecule has 2 heterocycles. The number of rotatable bonds is 5. The van der Waals surface area contributed by atoms with Gasteiger partial charge < -0.3 is 15.0 Å². The lowest BCUT2D eigenvalue weighted by Crippen LogP contribution is -2.48. The first kappa shape index (κ1) is 16.0. The Hall–Kier alpha value is -1.40. The maximum absolute atomic E-state index is 12.4. The number of hydrogen-bond acceptors (Lipinski definition) is 4. The first-order chi connectivity index (χ1) is 10.1. The van der Waals surface area contributed by atoms with Crippen molar-refractivity contribution >= 4 is 34.6 Å². The van der Waals surface area contributed by atoms with Gasteiger partial charge in [0.2, 0.25) is 0 Å². The monoisotopic (exact) mass is 324 g/mol. The van der Waals surface area contributed by atoms with Crippen LogP contribution in [0.5, 0.6) is 0 Å². The highest BCUT2D eigenvalue weighted by atomic mass is 32.1. The van der Waals surface area contributed by atoms with Crippen LogP contribution in [0.3, 0.4) is 0 Å².